The molecule has 5 heterocycles. The number of para-hydroxylation sites is 2. The average molecular weight is 814 g/mol. The van der Waals surface area contributed by atoms with E-state index in [0.717, 1.165) is 35.9 Å². The Labute approximate surface area is 324 Å². The number of rotatable bonds is 13. The predicted molar refractivity (Wildman–Crippen MR) is 195 cm³/mol. The van der Waals surface area contributed by atoms with E-state index in [2.05, 4.69) is 4.98 Å². The van der Waals surface area contributed by atoms with E-state index < -0.39 is 51.8 Å². The summed E-state index contributed by atoms with van der Waals surface area (Å²) >= 11 is 0.393. The Morgan fingerprint density at radius 2 is 1.75 bits per heavy atom. The molecule has 6 rings (SSSR count). The number of piperidine rings is 1. The smallest absolute Gasteiger partial charge is 0.425 e. The number of halogens is 6. The van der Waals surface area contributed by atoms with Gasteiger partial charge in [-0.2, -0.15) is 26.3 Å². The fourth-order valence-electron chi connectivity index (χ4n) is 8.01. The van der Waals surface area contributed by atoms with Gasteiger partial charge in [0.05, 0.1) is 36.1 Å². The van der Waals surface area contributed by atoms with Crippen molar-refractivity contribution < 1.29 is 55.2 Å². The summed E-state index contributed by atoms with van der Waals surface area (Å²) in [6.45, 7) is 2.42. The molecule has 3 aliphatic rings. The zero-order valence-corrected chi connectivity index (χ0v) is 31.7. The number of likely N-dealkylation sites (tertiary alicyclic amines) is 2. The molecule has 3 saturated heterocycles. The first-order valence-electron chi connectivity index (χ1n) is 18.5. The highest BCUT2D eigenvalue weighted by Crippen LogP contribution is 2.43. The zero-order chi connectivity index (χ0) is 40.1. The molecule has 11 nitrogen and oxygen atoms in total. The van der Waals surface area contributed by atoms with Crippen molar-refractivity contribution in [1.82, 2.24) is 19.7 Å². The minimum atomic E-state index is -4.90. The standard InChI is InChI=1S/C38H45F6N5O6S/c1-53-20-21-54-31-8-3-2-7-30(31)47-16-18-48(19-17-47)35(52)36(55-27-22-33(56-25-27)38(42,43)44)11-5-14-49(32(36)10-15-46-13-4-6-26(46)24-50)34(51)28-23-45-12-9-29(28)37(39,40)41/h2-3,7-9,12,22-23,25-26,32,50H,4-6,10-11,13-21,24H2,1H3/t26-,32+,36-/m0/s1. The molecule has 0 unspecified atom stereocenters. The van der Waals surface area contributed by atoms with Crippen molar-refractivity contribution in [3.63, 3.8) is 0 Å². The number of hydrogen-bond donors (Lipinski definition) is 1. The van der Waals surface area contributed by atoms with E-state index in [4.69, 9.17) is 14.2 Å². The van der Waals surface area contributed by atoms with Gasteiger partial charge in [0.15, 0.2) is 0 Å². The molecule has 0 saturated carbocycles. The van der Waals surface area contributed by atoms with E-state index >= 15 is 4.79 Å². The number of ether oxygens (including phenoxy) is 3. The van der Waals surface area contributed by atoms with E-state index in [-0.39, 0.29) is 63.8 Å². The van der Waals surface area contributed by atoms with Crippen molar-refractivity contribution in [2.45, 2.75) is 62.1 Å². The predicted octanol–water partition coefficient (Wildman–Crippen LogP) is 5.82. The van der Waals surface area contributed by atoms with E-state index in [1.54, 1.807) is 12.0 Å². The molecule has 1 aromatic carbocycles. The number of alkyl halides is 6. The largest absolute Gasteiger partial charge is 0.489 e. The Bertz CT molecular complexity index is 1800. The number of anilines is 1. The average Bonchev–Trinajstić information content (AvgIpc) is 3.86. The van der Waals surface area contributed by atoms with Crippen LogP contribution in [0.5, 0.6) is 11.5 Å². The van der Waals surface area contributed by atoms with Crippen LogP contribution in [0.4, 0.5) is 32.0 Å². The first-order chi connectivity index (χ1) is 26.8. The molecule has 0 radical (unpaired) electrons. The summed E-state index contributed by atoms with van der Waals surface area (Å²) in [7, 11) is 1.57. The Hall–Kier alpha value is -4.13. The summed E-state index contributed by atoms with van der Waals surface area (Å²) in [5.74, 6) is -1.21. The van der Waals surface area contributed by atoms with Crippen LogP contribution >= 0.6 is 11.3 Å². The number of carbonyl (C=O) groups is 2. The third kappa shape index (κ3) is 9.03. The molecule has 3 aliphatic heterocycles. The molecular weight excluding hydrogens is 769 g/mol. The van der Waals surface area contributed by atoms with E-state index in [9.17, 15) is 36.2 Å². The van der Waals surface area contributed by atoms with Gasteiger partial charge in [-0.05, 0) is 50.4 Å². The number of methoxy groups -OCH3 is 1. The highest BCUT2D eigenvalue weighted by molar-refractivity contribution is 7.10. The lowest BCUT2D eigenvalue weighted by molar-refractivity contribution is -0.160. The summed E-state index contributed by atoms with van der Waals surface area (Å²) in [6, 6.07) is 7.53. The first-order valence-corrected chi connectivity index (χ1v) is 19.4. The van der Waals surface area contributed by atoms with Crippen molar-refractivity contribution in [2.24, 2.45) is 0 Å². The van der Waals surface area contributed by atoms with E-state index in [1.165, 1.54) is 4.90 Å². The second-order valence-corrected chi connectivity index (χ2v) is 15.0. The maximum atomic E-state index is 15.2. The minimum absolute atomic E-state index is 0.0174. The lowest BCUT2D eigenvalue weighted by atomic mass is 9.80. The number of aromatic nitrogens is 1. The number of thiophene rings is 1. The number of nitrogens with zero attached hydrogens (tertiary/aromatic N) is 5. The topological polar surface area (TPSA) is 108 Å². The van der Waals surface area contributed by atoms with Gasteiger partial charge in [-0.3, -0.25) is 19.5 Å². The Morgan fingerprint density at radius 3 is 2.45 bits per heavy atom. The molecule has 306 valence electrons. The number of pyridine rings is 1. The van der Waals surface area contributed by atoms with Crippen LogP contribution in [0.25, 0.3) is 0 Å². The van der Waals surface area contributed by atoms with Crippen LogP contribution in [0.15, 0.2) is 54.2 Å². The Morgan fingerprint density at radius 1 is 0.982 bits per heavy atom. The summed E-state index contributed by atoms with van der Waals surface area (Å²) in [5, 5.41) is 11.2. The van der Waals surface area contributed by atoms with Crippen LogP contribution in [0, 0.1) is 0 Å². The Balaban J connectivity index is 1.37. The third-order valence-electron chi connectivity index (χ3n) is 10.7. The summed E-state index contributed by atoms with van der Waals surface area (Å²) in [6.07, 6.45) is -6.21. The maximum Gasteiger partial charge on any atom is 0.425 e. The molecule has 18 heteroatoms. The SMILES string of the molecule is COCCOc1ccccc1N1CCN(C(=O)[C@]2(Oc3csc(C(F)(F)F)c3)CCCN(C(=O)c3cnccc3C(F)(F)F)[C@@H]2CCN2CCC[C@H]2CO)CC1. The van der Waals surface area contributed by atoms with Crippen LogP contribution < -0.4 is 14.4 Å². The van der Waals surface area contributed by atoms with E-state index in [0.29, 0.717) is 62.4 Å². The maximum absolute atomic E-state index is 15.2. The fourth-order valence-corrected chi connectivity index (χ4v) is 8.68. The van der Waals surface area contributed by atoms with Crippen LogP contribution in [-0.4, -0.2) is 127 Å². The molecule has 3 atom stereocenters. The molecule has 1 N–H and O–H groups in total. The van der Waals surface area contributed by atoms with Gasteiger partial charge in [0.2, 0.25) is 5.60 Å². The quantitative estimate of drug-likeness (QED) is 0.169. The highest BCUT2D eigenvalue weighted by Gasteiger charge is 2.56. The molecule has 3 fully saturated rings. The number of amides is 2. The molecular formula is C38H45F6N5O6S. The number of carbonyl (C=O) groups excluding carboxylic acids is 2. The van der Waals surface area contributed by atoms with Crippen molar-refractivity contribution in [3.05, 3.63) is 70.2 Å². The number of benzene rings is 1. The first kappa shape index (κ1) is 41.5. The minimum Gasteiger partial charge on any atom is -0.489 e. The van der Waals surface area contributed by atoms with Crippen LogP contribution in [0.1, 0.15) is 52.9 Å². The number of aliphatic hydroxyl groups is 1. The molecule has 0 aliphatic carbocycles. The van der Waals surface area contributed by atoms with Gasteiger partial charge in [0, 0.05) is 82.7 Å². The number of hydrogen-bond acceptors (Lipinski definition) is 10. The summed E-state index contributed by atoms with van der Waals surface area (Å²) < 4.78 is 102. The van der Waals surface area contributed by atoms with Crippen molar-refractivity contribution in [2.75, 3.05) is 77.6 Å². The van der Waals surface area contributed by atoms with Gasteiger partial charge in [0.1, 0.15) is 23.0 Å². The Kier molecular flexibility index (Phi) is 13.0. The zero-order valence-electron chi connectivity index (χ0n) is 30.9. The van der Waals surface area contributed by atoms with Crippen molar-refractivity contribution in [3.8, 4) is 11.5 Å². The van der Waals surface area contributed by atoms with Crippen molar-refractivity contribution >= 4 is 28.8 Å². The van der Waals surface area contributed by atoms with Crippen LogP contribution in [-0.2, 0) is 21.9 Å². The normalized spacial score (nSPS) is 22.4. The molecule has 0 spiro atoms. The fraction of sp³-hybridized carbons (Fsp3) is 0.553. The third-order valence-corrected chi connectivity index (χ3v) is 11.7. The second-order valence-electron chi connectivity index (χ2n) is 14.1. The van der Waals surface area contributed by atoms with Gasteiger partial charge in [-0.25, -0.2) is 0 Å². The molecule has 56 heavy (non-hydrogen) atoms. The monoisotopic (exact) mass is 813 g/mol. The van der Waals surface area contributed by atoms with Crippen LogP contribution in [0.2, 0.25) is 0 Å². The molecule has 3 aromatic rings. The summed E-state index contributed by atoms with van der Waals surface area (Å²) in [5.41, 5.74) is -3.09. The number of piperazine rings is 1. The molecule has 0 bridgehead atoms. The van der Waals surface area contributed by atoms with Gasteiger partial charge in [0.25, 0.3) is 11.8 Å². The van der Waals surface area contributed by atoms with Gasteiger partial charge in [-0.15, -0.1) is 11.3 Å². The van der Waals surface area contributed by atoms with E-state index in [1.807, 2.05) is 34.1 Å². The lowest BCUT2D eigenvalue weighted by Gasteiger charge is -2.51. The highest BCUT2D eigenvalue weighted by atomic mass is 32.1. The van der Waals surface area contributed by atoms with Gasteiger partial charge < -0.3 is 34.0 Å². The van der Waals surface area contributed by atoms with Crippen LogP contribution in [0.3, 0.4) is 0 Å². The molecule has 2 amide bonds. The second kappa shape index (κ2) is 17.6. The molecule has 2 aromatic heterocycles. The van der Waals surface area contributed by atoms with Crippen molar-refractivity contribution in [1.29, 1.82) is 0 Å². The number of aliphatic hydroxyl groups excluding tert-OH is 1. The lowest BCUT2D eigenvalue weighted by Crippen LogP contribution is -2.69. The van der Waals surface area contributed by atoms with Gasteiger partial charge >= 0.3 is 12.4 Å². The summed E-state index contributed by atoms with van der Waals surface area (Å²) in [4.78, 5) is 39.2. The van der Waals surface area contributed by atoms with Gasteiger partial charge in [-0.1, -0.05) is 12.1 Å².